The molecule has 2 aliphatic heterocycles. The molecule has 0 aliphatic carbocycles. The predicted octanol–water partition coefficient (Wildman–Crippen LogP) is 1.53. The zero-order chi connectivity index (χ0) is 20.6. The summed E-state index contributed by atoms with van der Waals surface area (Å²) >= 11 is 0. The van der Waals surface area contributed by atoms with Crippen molar-refractivity contribution in [3.8, 4) is 5.75 Å². The number of hydrogen-bond donors (Lipinski definition) is 1. The minimum absolute atomic E-state index is 0.0784. The van der Waals surface area contributed by atoms with Crippen LogP contribution >= 0.6 is 0 Å². The summed E-state index contributed by atoms with van der Waals surface area (Å²) in [7, 11) is 0. The van der Waals surface area contributed by atoms with Gasteiger partial charge in [0.15, 0.2) is 0 Å². The van der Waals surface area contributed by atoms with Gasteiger partial charge in [0.2, 0.25) is 5.91 Å². The standard InChI is InChI=1S/C21H28N2O6/c1-2-11-27-16-7-5-15(6-8-16)21(26)23-10-9-22-20(25)18(23)13-19(24)29-14-17-4-3-12-28-17/h5-8,17-18H,2-4,9-14H2,1H3,(H,22,25)/t17-,18+/m1/s1. The molecular weight excluding hydrogens is 376 g/mol. The summed E-state index contributed by atoms with van der Waals surface area (Å²) in [6, 6.07) is 5.93. The molecule has 1 aromatic rings. The van der Waals surface area contributed by atoms with E-state index >= 15 is 0 Å². The second-order valence-corrected chi connectivity index (χ2v) is 7.20. The molecule has 1 aromatic carbocycles. The number of nitrogens with one attached hydrogen (secondary N) is 1. The largest absolute Gasteiger partial charge is 0.494 e. The van der Waals surface area contributed by atoms with Crippen molar-refractivity contribution in [1.29, 1.82) is 0 Å². The molecule has 2 amide bonds. The molecule has 3 rings (SSSR count). The van der Waals surface area contributed by atoms with Gasteiger partial charge in [-0.25, -0.2) is 0 Å². The summed E-state index contributed by atoms with van der Waals surface area (Å²) in [4.78, 5) is 39.0. The first-order valence-corrected chi connectivity index (χ1v) is 10.2. The summed E-state index contributed by atoms with van der Waals surface area (Å²) in [5.41, 5.74) is 0.446. The van der Waals surface area contributed by atoms with Crippen molar-refractivity contribution in [3.63, 3.8) is 0 Å². The molecule has 2 fully saturated rings. The highest BCUT2D eigenvalue weighted by molar-refractivity contribution is 5.99. The minimum Gasteiger partial charge on any atom is -0.494 e. The number of carbonyl (C=O) groups is 3. The van der Waals surface area contributed by atoms with Gasteiger partial charge in [-0.1, -0.05) is 6.92 Å². The topological polar surface area (TPSA) is 94.2 Å². The van der Waals surface area contributed by atoms with Crippen molar-refractivity contribution in [3.05, 3.63) is 29.8 Å². The average molecular weight is 404 g/mol. The number of benzene rings is 1. The summed E-state index contributed by atoms with van der Waals surface area (Å²) in [5.74, 6) is -0.460. The molecule has 0 unspecified atom stereocenters. The van der Waals surface area contributed by atoms with Crippen molar-refractivity contribution in [2.45, 2.75) is 44.8 Å². The lowest BCUT2D eigenvalue weighted by Gasteiger charge is -2.34. The third-order valence-corrected chi connectivity index (χ3v) is 4.98. The Hall–Kier alpha value is -2.61. The molecule has 2 heterocycles. The van der Waals surface area contributed by atoms with Crippen LogP contribution in [-0.4, -0.2) is 67.7 Å². The highest BCUT2D eigenvalue weighted by atomic mass is 16.6. The van der Waals surface area contributed by atoms with E-state index in [4.69, 9.17) is 14.2 Å². The van der Waals surface area contributed by atoms with Crippen molar-refractivity contribution in [2.75, 3.05) is 32.9 Å². The molecule has 158 valence electrons. The second-order valence-electron chi connectivity index (χ2n) is 7.20. The molecule has 0 bridgehead atoms. The molecule has 2 saturated heterocycles. The maximum Gasteiger partial charge on any atom is 0.308 e. The van der Waals surface area contributed by atoms with Crippen LogP contribution in [0.5, 0.6) is 5.75 Å². The van der Waals surface area contributed by atoms with Gasteiger partial charge in [-0.3, -0.25) is 14.4 Å². The van der Waals surface area contributed by atoms with Gasteiger partial charge in [-0.15, -0.1) is 0 Å². The van der Waals surface area contributed by atoms with Crippen LogP contribution < -0.4 is 10.1 Å². The van der Waals surface area contributed by atoms with E-state index in [0.29, 0.717) is 37.6 Å². The summed E-state index contributed by atoms with van der Waals surface area (Å²) in [5, 5.41) is 2.72. The molecule has 2 aliphatic rings. The normalized spacial score (nSPS) is 21.6. The molecule has 0 spiro atoms. The monoisotopic (exact) mass is 404 g/mol. The number of hydrogen-bond acceptors (Lipinski definition) is 6. The Morgan fingerprint density at radius 3 is 2.76 bits per heavy atom. The molecular formula is C21H28N2O6. The van der Waals surface area contributed by atoms with Gasteiger partial charge in [0.05, 0.1) is 19.1 Å². The summed E-state index contributed by atoms with van der Waals surface area (Å²) in [6.45, 7) is 4.17. The molecule has 0 radical (unpaired) electrons. The first kappa shape index (κ1) is 21.1. The zero-order valence-corrected chi connectivity index (χ0v) is 16.7. The number of esters is 1. The fraction of sp³-hybridized carbons (Fsp3) is 0.571. The number of piperazine rings is 1. The fourth-order valence-corrected chi connectivity index (χ4v) is 3.42. The van der Waals surface area contributed by atoms with Crippen LogP contribution in [0.4, 0.5) is 0 Å². The Bertz CT molecular complexity index is 714. The van der Waals surface area contributed by atoms with E-state index in [-0.39, 0.29) is 30.9 Å². The van der Waals surface area contributed by atoms with Gasteiger partial charge in [-0.2, -0.15) is 0 Å². The van der Waals surface area contributed by atoms with Crippen LogP contribution in [0.3, 0.4) is 0 Å². The number of nitrogens with zero attached hydrogens (tertiary/aromatic N) is 1. The van der Waals surface area contributed by atoms with Crippen molar-refractivity contribution < 1.29 is 28.6 Å². The summed E-state index contributed by atoms with van der Waals surface area (Å²) in [6.07, 6.45) is 2.46. The number of carbonyl (C=O) groups excluding carboxylic acids is 3. The highest BCUT2D eigenvalue weighted by Gasteiger charge is 2.35. The molecule has 1 N–H and O–H groups in total. The number of rotatable bonds is 8. The van der Waals surface area contributed by atoms with E-state index in [1.807, 2.05) is 6.92 Å². The molecule has 2 atom stereocenters. The number of amides is 2. The first-order chi connectivity index (χ1) is 14.1. The Morgan fingerprint density at radius 2 is 2.07 bits per heavy atom. The minimum atomic E-state index is -0.885. The molecule has 8 heteroatoms. The van der Waals surface area contributed by atoms with Crippen LogP contribution in [-0.2, 0) is 19.1 Å². The van der Waals surface area contributed by atoms with E-state index in [2.05, 4.69) is 5.32 Å². The molecule has 0 aromatic heterocycles. The van der Waals surface area contributed by atoms with Crippen LogP contribution in [0, 0.1) is 0 Å². The Labute approximate surface area is 170 Å². The van der Waals surface area contributed by atoms with Crippen LogP contribution in [0.15, 0.2) is 24.3 Å². The van der Waals surface area contributed by atoms with E-state index in [0.717, 1.165) is 19.3 Å². The SMILES string of the molecule is CCCOc1ccc(C(=O)N2CCNC(=O)[C@@H]2CC(=O)OC[C@H]2CCCO2)cc1. The third kappa shape index (κ3) is 5.69. The lowest BCUT2D eigenvalue weighted by Crippen LogP contribution is -2.57. The lowest BCUT2D eigenvalue weighted by atomic mass is 10.1. The molecule has 8 nitrogen and oxygen atoms in total. The van der Waals surface area contributed by atoms with E-state index in [1.54, 1.807) is 24.3 Å². The van der Waals surface area contributed by atoms with Crippen molar-refractivity contribution in [2.24, 2.45) is 0 Å². The molecule has 29 heavy (non-hydrogen) atoms. The zero-order valence-electron chi connectivity index (χ0n) is 16.7. The quantitative estimate of drug-likeness (QED) is 0.661. The van der Waals surface area contributed by atoms with Crippen molar-refractivity contribution in [1.82, 2.24) is 10.2 Å². The third-order valence-electron chi connectivity index (χ3n) is 4.98. The van der Waals surface area contributed by atoms with E-state index in [9.17, 15) is 14.4 Å². The van der Waals surface area contributed by atoms with Crippen LogP contribution in [0.25, 0.3) is 0 Å². The fourth-order valence-electron chi connectivity index (χ4n) is 3.42. The lowest BCUT2D eigenvalue weighted by molar-refractivity contribution is -0.150. The van der Waals surface area contributed by atoms with Gasteiger partial charge in [-0.05, 0) is 43.5 Å². The first-order valence-electron chi connectivity index (χ1n) is 10.2. The van der Waals surface area contributed by atoms with Gasteiger partial charge in [0, 0.05) is 25.3 Å². The van der Waals surface area contributed by atoms with Crippen LogP contribution in [0.1, 0.15) is 43.0 Å². The second kappa shape index (κ2) is 10.2. The number of ether oxygens (including phenoxy) is 3. The van der Waals surface area contributed by atoms with E-state index in [1.165, 1.54) is 4.90 Å². The van der Waals surface area contributed by atoms with Gasteiger partial charge >= 0.3 is 5.97 Å². The summed E-state index contributed by atoms with van der Waals surface area (Å²) < 4.78 is 16.2. The molecule has 0 saturated carbocycles. The smallest absolute Gasteiger partial charge is 0.308 e. The maximum absolute atomic E-state index is 13.0. The van der Waals surface area contributed by atoms with Gasteiger partial charge in [0.25, 0.3) is 5.91 Å². The van der Waals surface area contributed by atoms with Crippen LogP contribution in [0.2, 0.25) is 0 Å². The Balaban J connectivity index is 1.61. The highest BCUT2D eigenvalue weighted by Crippen LogP contribution is 2.18. The maximum atomic E-state index is 13.0. The Kier molecular flexibility index (Phi) is 7.46. The predicted molar refractivity (Wildman–Crippen MR) is 105 cm³/mol. The average Bonchev–Trinajstić information content (AvgIpc) is 3.26. The van der Waals surface area contributed by atoms with E-state index < -0.39 is 12.0 Å². The van der Waals surface area contributed by atoms with Gasteiger partial charge in [0.1, 0.15) is 18.4 Å². The van der Waals surface area contributed by atoms with Gasteiger partial charge < -0.3 is 24.4 Å². The Morgan fingerprint density at radius 1 is 1.28 bits per heavy atom. The van der Waals surface area contributed by atoms with Crippen molar-refractivity contribution >= 4 is 17.8 Å².